The Morgan fingerprint density at radius 2 is 1.53 bits per heavy atom. The average molecular weight is 213 g/mol. The molecule has 2 aliphatic rings. The molecule has 0 saturated carbocycles. The molecule has 2 aliphatic heterocycles. The van der Waals surface area contributed by atoms with Crippen molar-refractivity contribution in [3.8, 4) is 0 Å². The van der Waals surface area contributed by atoms with Crippen LogP contribution >= 0.6 is 0 Å². The first-order chi connectivity index (χ1) is 7.29. The van der Waals surface area contributed by atoms with E-state index in [0.717, 1.165) is 19.1 Å². The van der Waals surface area contributed by atoms with E-state index in [4.69, 9.17) is 4.84 Å². The molecule has 0 aliphatic carbocycles. The smallest absolute Gasteiger partial charge is 0.0575 e. The van der Waals surface area contributed by atoms with Crippen molar-refractivity contribution in [1.29, 1.82) is 0 Å². The Bertz CT molecular complexity index is 184. The van der Waals surface area contributed by atoms with Crippen LogP contribution in [0.25, 0.3) is 0 Å². The molecule has 0 aromatic heterocycles. The number of piperidine rings is 1. The van der Waals surface area contributed by atoms with Crippen LogP contribution in [0, 0.1) is 0 Å². The summed E-state index contributed by atoms with van der Waals surface area (Å²) in [6, 6.07) is 0.820. The van der Waals surface area contributed by atoms with E-state index in [-0.39, 0.29) is 0 Å². The Labute approximate surface area is 92.7 Å². The summed E-state index contributed by atoms with van der Waals surface area (Å²) >= 11 is 0. The van der Waals surface area contributed by atoms with Gasteiger partial charge >= 0.3 is 0 Å². The van der Waals surface area contributed by atoms with Crippen LogP contribution in [0.1, 0.15) is 12.8 Å². The summed E-state index contributed by atoms with van der Waals surface area (Å²) in [6.07, 6.45) is 2.67. The average Bonchev–Trinajstić information content (AvgIpc) is 2.30. The van der Waals surface area contributed by atoms with Crippen molar-refractivity contribution in [1.82, 2.24) is 14.9 Å². The molecule has 15 heavy (non-hydrogen) atoms. The molecule has 0 spiro atoms. The third-order valence-electron chi connectivity index (χ3n) is 3.74. The van der Waals surface area contributed by atoms with Crippen molar-refractivity contribution in [2.75, 3.05) is 53.4 Å². The lowest BCUT2D eigenvalue weighted by Crippen LogP contribution is -2.52. The van der Waals surface area contributed by atoms with Crippen LogP contribution in [0.3, 0.4) is 0 Å². The Balaban J connectivity index is 1.75. The maximum Gasteiger partial charge on any atom is 0.0575 e. The van der Waals surface area contributed by atoms with E-state index >= 15 is 0 Å². The summed E-state index contributed by atoms with van der Waals surface area (Å²) < 4.78 is 0. The van der Waals surface area contributed by atoms with Crippen LogP contribution in [0.5, 0.6) is 0 Å². The molecule has 4 heteroatoms. The fourth-order valence-corrected chi connectivity index (χ4v) is 2.61. The van der Waals surface area contributed by atoms with Crippen molar-refractivity contribution in [3.63, 3.8) is 0 Å². The summed E-state index contributed by atoms with van der Waals surface area (Å²) in [5, 5.41) is 2.06. The number of piperazine rings is 1. The van der Waals surface area contributed by atoms with Crippen LogP contribution in [0.2, 0.25) is 0 Å². The summed E-state index contributed by atoms with van der Waals surface area (Å²) in [5.41, 5.74) is 0. The van der Waals surface area contributed by atoms with Crippen molar-refractivity contribution >= 4 is 0 Å². The van der Waals surface area contributed by atoms with Crippen molar-refractivity contribution in [3.05, 3.63) is 0 Å². The number of hydrogen-bond donors (Lipinski definition) is 0. The first-order valence-electron chi connectivity index (χ1n) is 6.01. The summed E-state index contributed by atoms with van der Waals surface area (Å²) in [5.74, 6) is 0. The van der Waals surface area contributed by atoms with E-state index in [9.17, 15) is 0 Å². The van der Waals surface area contributed by atoms with Gasteiger partial charge in [0.05, 0.1) is 7.11 Å². The molecule has 0 bridgehead atoms. The highest BCUT2D eigenvalue weighted by Crippen LogP contribution is 2.17. The molecule has 0 aromatic carbocycles. The maximum absolute atomic E-state index is 5.24. The van der Waals surface area contributed by atoms with Gasteiger partial charge in [-0.3, -0.25) is 4.90 Å². The fraction of sp³-hybridized carbons (Fsp3) is 1.00. The minimum Gasteiger partial charge on any atom is -0.306 e. The van der Waals surface area contributed by atoms with Gasteiger partial charge in [0.2, 0.25) is 0 Å². The van der Waals surface area contributed by atoms with E-state index in [1.54, 1.807) is 7.11 Å². The van der Waals surface area contributed by atoms with Gasteiger partial charge in [-0.05, 0) is 33.0 Å². The molecular formula is C11H23N3O. The van der Waals surface area contributed by atoms with Gasteiger partial charge in [-0.1, -0.05) is 0 Å². The van der Waals surface area contributed by atoms with Gasteiger partial charge in [-0.25, -0.2) is 0 Å². The topological polar surface area (TPSA) is 19.0 Å². The molecule has 0 N–H and O–H groups in total. The number of nitrogens with zero attached hydrogens (tertiary/aromatic N) is 3. The molecule has 88 valence electrons. The summed E-state index contributed by atoms with van der Waals surface area (Å²) in [7, 11) is 3.99. The lowest BCUT2D eigenvalue weighted by Gasteiger charge is -2.41. The Kier molecular flexibility index (Phi) is 3.97. The molecule has 2 heterocycles. The molecule has 4 nitrogen and oxygen atoms in total. The maximum atomic E-state index is 5.24. The minimum absolute atomic E-state index is 0.820. The first-order valence-corrected chi connectivity index (χ1v) is 6.01. The molecule has 2 rings (SSSR count). The van der Waals surface area contributed by atoms with Gasteiger partial charge in [0, 0.05) is 32.2 Å². The molecule has 0 radical (unpaired) electrons. The van der Waals surface area contributed by atoms with Gasteiger partial charge in [0.15, 0.2) is 0 Å². The summed E-state index contributed by atoms with van der Waals surface area (Å²) in [4.78, 5) is 10.3. The van der Waals surface area contributed by atoms with E-state index < -0.39 is 0 Å². The van der Waals surface area contributed by atoms with Crippen LogP contribution < -0.4 is 0 Å². The van der Waals surface area contributed by atoms with Crippen LogP contribution in [0.4, 0.5) is 0 Å². The zero-order valence-corrected chi connectivity index (χ0v) is 9.98. The zero-order valence-electron chi connectivity index (χ0n) is 9.98. The normalized spacial score (nSPS) is 28.4. The SMILES string of the molecule is CON1CCN(C2CCN(C)CC2)CC1. The predicted octanol–water partition coefficient (Wildman–Crippen LogP) is 0.260. The highest BCUT2D eigenvalue weighted by molar-refractivity contribution is 4.81. The van der Waals surface area contributed by atoms with Gasteiger partial charge in [0.25, 0.3) is 0 Å². The minimum atomic E-state index is 0.820. The molecular weight excluding hydrogens is 190 g/mol. The Morgan fingerprint density at radius 1 is 0.933 bits per heavy atom. The monoisotopic (exact) mass is 213 g/mol. The van der Waals surface area contributed by atoms with Gasteiger partial charge < -0.3 is 9.74 Å². The largest absolute Gasteiger partial charge is 0.306 e. The van der Waals surface area contributed by atoms with E-state index in [1.165, 1.54) is 39.0 Å². The number of rotatable bonds is 2. The second kappa shape index (κ2) is 5.25. The van der Waals surface area contributed by atoms with Crippen molar-refractivity contribution in [2.45, 2.75) is 18.9 Å². The quantitative estimate of drug-likeness (QED) is 0.655. The second-order valence-corrected chi connectivity index (χ2v) is 4.68. The fourth-order valence-electron chi connectivity index (χ4n) is 2.61. The number of hydroxylamine groups is 2. The van der Waals surface area contributed by atoms with Gasteiger partial charge in [-0.2, -0.15) is 5.06 Å². The van der Waals surface area contributed by atoms with Gasteiger partial charge in [-0.15, -0.1) is 0 Å². The molecule has 0 aromatic rings. The molecule has 2 fully saturated rings. The number of hydrogen-bond acceptors (Lipinski definition) is 4. The molecule has 2 saturated heterocycles. The third-order valence-corrected chi connectivity index (χ3v) is 3.74. The second-order valence-electron chi connectivity index (χ2n) is 4.68. The Morgan fingerprint density at radius 3 is 2.07 bits per heavy atom. The highest BCUT2D eigenvalue weighted by atomic mass is 16.7. The zero-order chi connectivity index (χ0) is 10.7. The van der Waals surface area contributed by atoms with Gasteiger partial charge in [0.1, 0.15) is 0 Å². The van der Waals surface area contributed by atoms with Crippen molar-refractivity contribution < 1.29 is 4.84 Å². The first kappa shape index (κ1) is 11.3. The molecule has 0 unspecified atom stereocenters. The lowest BCUT2D eigenvalue weighted by molar-refractivity contribution is -0.156. The molecule has 0 amide bonds. The highest BCUT2D eigenvalue weighted by Gasteiger charge is 2.26. The lowest BCUT2D eigenvalue weighted by atomic mass is 10.0. The standard InChI is InChI=1S/C11H23N3O/c1-12-5-3-11(4-6-12)13-7-9-14(15-2)10-8-13/h11H,3-10H2,1-2H3. The summed E-state index contributed by atoms with van der Waals surface area (Å²) in [6.45, 7) is 6.97. The van der Waals surface area contributed by atoms with Crippen LogP contribution in [-0.2, 0) is 4.84 Å². The van der Waals surface area contributed by atoms with E-state index in [2.05, 4.69) is 21.9 Å². The van der Waals surface area contributed by atoms with Crippen LogP contribution in [-0.4, -0.2) is 74.3 Å². The van der Waals surface area contributed by atoms with E-state index in [0.29, 0.717) is 0 Å². The Hall–Kier alpha value is -0.160. The predicted molar refractivity (Wildman–Crippen MR) is 60.7 cm³/mol. The molecule has 0 atom stereocenters. The van der Waals surface area contributed by atoms with Crippen molar-refractivity contribution in [2.24, 2.45) is 0 Å². The van der Waals surface area contributed by atoms with E-state index in [1.807, 2.05) is 0 Å². The number of likely N-dealkylation sites (tertiary alicyclic amines) is 1. The van der Waals surface area contributed by atoms with Crippen LogP contribution in [0.15, 0.2) is 0 Å². The third kappa shape index (κ3) is 2.91.